The van der Waals surface area contributed by atoms with E-state index >= 15 is 0 Å². The van der Waals surface area contributed by atoms with Crippen LogP contribution in [0.3, 0.4) is 0 Å². The summed E-state index contributed by atoms with van der Waals surface area (Å²) in [6.07, 6.45) is 2.77. The molecule has 0 aliphatic carbocycles. The van der Waals surface area contributed by atoms with E-state index in [1.807, 2.05) is 39.0 Å². The van der Waals surface area contributed by atoms with Crippen molar-refractivity contribution in [3.63, 3.8) is 0 Å². The Morgan fingerprint density at radius 1 is 1.35 bits per heavy atom. The van der Waals surface area contributed by atoms with Crippen LogP contribution < -0.4 is 15.8 Å². The van der Waals surface area contributed by atoms with Crippen molar-refractivity contribution in [2.24, 2.45) is 11.7 Å². The Hall–Kier alpha value is -1.55. The van der Waals surface area contributed by atoms with Crippen molar-refractivity contribution in [3.05, 3.63) is 23.8 Å². The van der Waals surface area contributed by atoms with Crippen molar-refractivity contribution in [2.45, 2.75) is 46.1 Å². The van der Waals surface area contributed by atoms with Crippen LogP contribution in [0.25, 0.3) is 0 Å². The maximum atomic E-state index is 12.2. The Kier molecular flexibility index (Phi) is 6.52. The first-order chi connectivity index (χ1) is 9.43. The third-order valence-corrected chi connectivity index (χ3v) is 3.36. The summed E-state index contributed by atoms with van der Waals surface area (Å²) in [7, 11) is 1.60. The number of hydrogen-bond acceptors (Lipinski definition) is 3. The van der Waals surface area contributed by atoms with Gasteiger partial charge < -0.3 is 15.8 Å². The average Bonchev–Trinajstić information content (AvgIpc) is 2.38. The first-order valence-electron chi connectivity index (χ1n) is 7.15. The van der Waals surface area contributed by atoms with Crippen molar-refractivity contribution >= 4 is 11.6 Å². The first kappa shape index (κ1) is 16.5. The highest BCUT2D eigenvalue weighted by Gasteiger charge is 2.15. The number of ether oxygens (including phenoxy) is 1. The lowest BCUT2D eigenvalue weighted by Gasteiger charge is -2.15. The van der Waals surface area contributed by atoms with Gasteiger partial charge in [0, 0.05) is 12.0 Å². The molecule has 2 unspecified atom stereocenters. The molecule has 0 spiro atoms. The zero-order valence-corrected chi connectivity index (χ0v) is 12.9. The van der Waals surface area contributed by atoms with Crippen molar-refractivity contribution in [1.82, 2.24) is 0 Å². The molecule has 0 fully saturated rings. The van der Waals surface area contributed by atoms with Gasteiger partial charge in [-0.3, -0.25) is 4.79 Å². The summed E-state index contributed by atoms with van der Waals surface area (Å²) in [6.45, 7) is 5.92. The zero-order valence-electron chi connectivity index (χ0n) is 12.9. The number of nitrogens with one attached hydrogen (secondary N) is 1. The van der Waals surface area contributed by atoms with E-state index in [1.165, 1.54) is 0 Å². The molecule has 20 heavy (non-hydrogen) atoms. The van der Waals surface area contributed by atoms with Gasteiger partial charge in [-0.2, -0.15) is 0 Å². The predicted molar refractivity (Wildman–Crippen MR) is 83.0 cm³/mol. The number of amides is 1. The number of nitrogens with two attached hydrogens (primary N) is 1. The normalized spacial score (nSPS) is 13.7. The SMILES string of the molecule is COc1ccc(C)cc1NC(=O)C(C)CCCC(C)N. The quantitative estimate of drug-likeness (QED) is 0.805. The van der Waals surface area contributed by atoms with Crippen LogP contribution in [0.2, 0.25) is 0 Å². The van der Waals surface area contributed by atoms with Gasteiger partial charge in [0.05, 0.1) is 12.8 Å². The second-order valence-electron chi connectivity index (χ2n) is 5.50. The van der Waals surface area contributed by atoms with Gasteiger partial charge in [0.1, 0.15) is 5.75 Å². The molecule has 1 aromatic carbocycles. The lowest BCUT2D eigenvalue weighted by molar-refractivity contribution is -0.119. The molecular weight excluding hydrogens is 252 g/mol. The van der Waals surface area contributed by atoms with E-state index in [-0.39, 0.29) is 17.9 Å². The minimum Gasteiger partial charge on any atom is -0.495 e. The molecule has 1 aromatic rings. The number of methoxy groups -OCH3 is 1. The minimum atomic E-state index is -0.0287. The number of benzene rings is 1. The van der Waals surface area contributed by atoms with Gasteiger partial charge in [-0.1, -0.05) is 19.4 Å². The molecule has 0 heterocycles. The molecule has 3 N–H and O–H groups in total. The van der Waals surface area contributed by atoms with Gasteiger partial charge in [0.25, 0.3) is 0 Å². The van der Waals surface area contributed by atoms with Gasteiger partial charge in [0.2, 0.25) is 5.91 Å². The molecule has 0 bridgehead atoms. The van der Waals surface area contributed by atoms with Gasteiger partial charge in [0.15, 0.2) is 0 Å². The third-order valence-electron chi connectivity index (χ3n) is 3.36. The summed E-state index contributed by atoms with van der Waals surface area (Å²) in [6, 6.07) is 5.94. The number of anilines is 1. The maximum Gasteiger partial charge on any atom is 0.227 e. The highest BCUT2D eigenvalue weighted by Crippen LogP contribution is 2.26. The molecule has 0 aliphatic rings. The van der Waals surface area contributed by atoms with Crippen molar-refractivity contribution < 1.29 is 9.53 Å². The fourth-order valence-corrected chi connectivity index (χ4v) is 2.05. The molecule has 0 aliphatic heterocycles. The van der Waals surface area contributed by atoms with E-state index in [9.17, 15) is 4.79 Å². The summed E-state index contributed by atoms with van der Waals surface area (Å²) in [5.74, 6) is 0.685. The van der Waals surface area contributed by atoms with E-state index in [4.69, 9.17) is 10.5 Å². The van der Waals surface area contributed by atoms with Crippen LogP contribution >= 0.6 is 0 Å². The van der Waals surface area contributed by atoms with Crippen LogP contribution in [0.1, 0.15) is 38.7 Å². The summed E-state index contributed by atoms with van der Waals surface area (Å²) in [5, 5.41) is 2.94. The zero-order chi connectivity index (χ0) is 15.1. The second-order valence-corrected chi connectivity index (χ2v) is 5.50. The summed E-state index contributed by atoms with van der Waals surface area (Å²) >= 11 is 0. The predicted octanol–water partition coefficient (Wildman–Crippen LogP) is 3.10. The van der Waals surface area contributed by atoms with Crippen molar-refractivity contribution in [3.8, 4) is 5.75 Å². The van der Waals surface area contributed by atoms with Gasteiger partial charge in [-0.05, 0) is 44.4 Å². The van der Waals surface area contributed by atoms with Gasteiger partial charge in [-0.15, -0.1) is 0 Å². The molecule has 0 radical (unpaired) electrons. The van der Waals surface area contributed by atoms with Crippen LogP contribution in [0.5, 0.6) is 5.75 Å². The Labute approximate surface area is 121 Å². The number of carbonyl (C=O) groups excluding carboxylic acids is 1. The number of hydrogen-bond donors (Lipinski definition) is 2. The smallest absolute Gasteiger partial charge is 0.227 e. The van der Waals surface area contributed by atoms with Gasteiger partial charge in [-0.25, -0.2) is 0 Å². The molecule has 112 valence electrons. The molecule has 1 rings (SSSR count). The fraction of sp³-hybridized carbons (Fsp3) is 0.562. The van der Waals surface area contributed by atoms with Crippen LogP contribution in [0.4, 0.5) is 5.69 Å². The Morgan fingerprint density at radius 2 is 2.05 bits per heavy atom. The number of carbonyl (C=O) groups is 1. The van der Waals surface area contributed by atoms with E-state index < -0.39 is 0 Å². The largest absolute Gasteiger partial charge is 0.495 e. The highest BCUT2D eigenvalue weighted by atomic mass is 16.5. The summed E-state index contributed by atoms with van der Waals surface area (Å²) < 4.78 is 5.26. The topological polar surface area (TPSA) is 64.3 Å². The Balaban J connectivity index is 2.59. The van der Waals surface area contributed by atoms with Crippen LogP contribution in [-0.2, 0) is 4.79 Å². The minimum absolute atomic E-state index is 0.0265. The van der Waals surface area contributed by atoms with E-state index in [2.05, 4.69) is 5.32 Å². The molecule has 4 nitrogen and oxygen atoms in total. The third kappa shape index (κ3) is 5.21. The number of aryl methyl sites for hydroxylation is 1. The van der Waals surface area contributed by atoms with Crippen molar-refractivity contribution in [2.75, 3.05) is 12.4 Å². The van der Waals surface area contributed by atoms with E-state index in [0.717, 1.165) is 30.5 Å². The Bertz CT molecular complexity index is 444. The lowest BCUT2D eigenvalue weighted by Crippen LogP contribution is -2.22. The number of rotatable bonds is 7. The summed E-state index contributed by atoms with van der Waals surface area (Å²) in [4.78, 5) is 12.2. The van der Waals surface area contributed by atoms with Crippen LogP contribution in [0.15, 0.2) is 18.2 Å². The second kappa shape index (κ2) is 7.90. The molecule has 4 heteroatoms. The molecular formula is C16H26N2O2. The van der Waals surface area contributed by atoms with E-state index in [1.54, 1.807) is 7.11 Å². The summed E-state index contributed by atoms with van der Waals surface area (Å²) in [5.41, 5.74) is 7.54. The monoisotopic (exact) mass is 278 g/mol. The van der Waals surface area contributed by atoms with E-state index in [0.29, 0.717) is 5.75 Å². The average molecular weight is 278 g/mol. The highest BCUT2D eigenvalue weighted by molar-refractivity contribution is 5.93. The maximum absolute atomic E-state index is 12.2. The first-order valence-corrected chi connectivity index (χ1v) is 7.15. The van der Waals surface area contributed by atoms with Gasteiger partial charge >= 0.3 is 0 Å². The fourth-order valence-electron chi connectivity index (χ4n) is 2.05. The molecule has 2 atom stereocenters. The Morgan fingerprint density at radius 3 is 2.65 bits per heavy atom. The molecule has 0 saturated heterocycles. The lowest BCUT2D eigenvalue weighted by atomic mass is 10.0. The van der Waals surface area contributed by atoms with Crippen LogP contribution in [0, 0.1) is 12.8 Å². The molecule has 0 aromatic heterocycles. The molecule has 0 saturated carbocycles. The molecule has 1 amide bonds. The van der Waals surface area contributed by atoms with Crippen molar-refractivity contribution in [1.29, 1.82) is 0 Å². The van der Waals surface area contributed by atoms with Crippen LogP contribution in [-0.4, -0.2) is 19.1 Å². The standard InChI is InChI=1S/C16H26N2O2/c1-11-8-9-15(20-4)14(10-11)18-16(19)12(2)6-5-7-13(3)17/h8-10,12-13H,5-7,17H2,1-4H3,(H,18,19).